The zero-order valence-electron chi connectivity index (χ0n) is 18.6. The third-order valence-corrected chi connectivity index (χ3v) is 7.71. The molecule has 2 aliphatic carbocycles. The fraction of sp³-hybridized carbons (Fsp3) is 0.400. The van der Waals surface area contributed by atoms with E-state index in [-0.39, 0.29) is 47.5 Å². The second-order valence-electron chi connectivity index (χ2n) is 8.96. The summed E-state index contributed by atoms with van der Waals surface area (Å²) in [5, 5.41) is 4.41. The molecule has 0 spiro atoms. The number of rotatable bonds is 5. The monoisotopic (exact) mass is 448 g/mol. The number of nitrogens with zero attached hydrogens (tertiary/aromatic N) is 2. The van der Waals surface area contributed by atoms with Crippen LogP contribution in [0.3, 0.4) is 0 Å². The minimum Gasteiger partial charge on any atom is -0.497 e. The average Bonchev–Trinajstić information content (AvgIpc) is 3.59. The number of anilines is 1. The number of carbonyl (C=O) groups is 2. The molecule has 0 radical (unpaired) electrons. The van der Waals surface area contributed by atoms with Crippen LogP contribution in [0.25, 0.3) is 0 Å². The summed E-state index contributed by atoms with van der Waals surface area (Å²) in [7, 11) is 4.79. The van der Waals surface area contributed by atoms with Crippen molar-refractivity contribution in [2.45, 2.75) is 12.5 Å². The van der Waals surface area contributed by atoms with Crippen molar-refractivity contribution in [3.05, 3.63) is 48.0 Å². The second-order valence-corrected chi connectivity index (χ2v) is 8.96. The summed E-state index contributed by atoms with van der Waals surface area (Å²) in [5.74, 6) is 0.931. The van der Waals surface area contributed by atoms with Crippen LogP contribution < -0.4 is 19.1 Å². The first-order valence-corrected chi connectivity index (χ1v) is 11.0. The zero-order chi connectivity index (χ0) is 22.9. The lowest BCUT2D eigenvalue weighted by atomic mass is 9.71. The van der Waals surface area contributed by atoms with E-state index in [0.29, 0.717) is 22.9 Å². The molecule has 0 aromatic heterocycles. The Balaban J connectivity index is 1.33. The summed E-state index contributed by atoms with van der Waals surface area (Å²) in [6.07, 6.45) is 0.585. The molecule has 8 nitrogen and oxygen atoms in total. The van der Waals surface area contributed by atoms with Gasteiger partial charge in [0.2, 0.25) is 11.8 Å². The number of ether oxygens (including phenoxy) is 3. The van der Waals surface area contributed by atoms with Crippen molar-refractivity contribution in [3.8, 4) is 17.2 Å². The lowest BCUT2D eigenvalue weighted by Crippen LogP contribution is -2.41. The van der Waals surface area contributed by atoms with Crippen molar-refractivity contribution in [2.75, 3.05) is 26.2 Å². The van der Waals surface area contributed by atoms with E-state index in [1.165, 1.54) is 4.90 Å². The Kier molecular flexibility index (Phi) is 4.40. The van der Waals surface area contributed by atoms with Crippen LogP contribution in [-0.2, 0) is 14.4 Å². The second kappa shape index (κ2) is 7.23. The van der Waals surface area contributed by atoms with Crippen LogP contribution in [0, 0.1) is 29.6 Å². The molecule has 3 fully saturated rings. The first-order valence-electron chi connectivity index (χ1n) is 11.0. The quantitative estimate of drug-likeness (QED) is 0.654. The van der Waals surface area contributed by atoms with E-state index < -0.39 is 0 Å². The predicted molar refractivity (Wildman–Crippen MR) is 119 cm³/mol. The number of hydrogen-bond acceptors (Lipinski definition) is 7. The van der Waals surface area contributed by atoms with Crippen molar-refractivity contribution < 1.29 is 28.6 Å². The van der Waals surface area contributed by atoms with Gasteiger partial charge in [-0.1, -0.05) is 5.16 Å². The van der Waals surface area contributed by atoms with Gasteiger partial charge in [0.15, 0.2) is 0 Å². The maximum absolute atomic E-state index is 13.5. The molecule has 2 aliphatic heterocycles. The summed E-state index contributed by atoms with van der Waals surface area (Å²) >= 11 is 0. The molecular formula is C25H24N2O6. The molecule has 0 N–H and O–H groups in total. The average molecular weight is 448 g/mol. The summed E-state index contributed by atoms with van der Waals surface area (Å²) < 4.78 is 16.1. The van der Waals surface area contributed by atoms with Crippen molar-refractivity contribution >= 4 is 23.2 Å². The van der Waals surface area contributed by atoms with Crippen LogP contribution in [0.4, 0.5) is 5.69 Å². The van der Waals surface area contributed by atoms with Gasteiger partial charge in [0.1, 0.15) is 23.4 Å². The van der Waals surface area contributed by atoms with Gasteiger partial charge in [-0.15, -0.1) is 0 Å². The lowest BCUT2D eigenvalue weighted by molar-refractivity contribution is -0.125. The zero-order valence-corrected chi connectivity index (χ0v) is 18.6. The fourth-order valence-electron chi connectivity index (χ4n) is 6.34. The highest BCUT2D eigenvalue weighted by atomic mass is 16.6. The van der Waals surface area contributed by atoms with Crippen LogP contribution in [-0.4, -0.2) is 45.0 Å². The molecule has 170 valence electrons. The SMILES string of the molecule is COc1ccc(N2C(=O)[C@@H]3[C@H]4C[C@@H]([C@H]5ON=C(c6ccc(OC)cc6OC)[C@@H]45)[C@H]3C2=O)cc1. The Hall–Kier alpha value is -3.55. The minimum atomic E-state index is -0.363. The molecule has 2 saturated carbocycles. The molecular weight excluding hydrogens is 424 g/mol. The standard InChI is InChI=1S/C25H24N2O6/c1-30-13-6-4-12(5-7-13)27-24(28)19-16-11-17(20(19)25(27)29)23-21(16)22(26-33-23)15-9-8-14(31-2)10-18(15)32-3/h4-10,16-17,19-21,23H,11H2,1-3H3/t16-,17-,19-,20-,21-,23-/m1/s1. The number of methoxy groups -OCH3 is 3. The number of fused-ring (bicyclic) bond motifs is 8. The van der Waals surface area contributed by atoms with Gasteiger partial charge in [-0.05, 0) is 48.7 Å². The first kappa shape index (κ1) is 20.1. The minimum absolute atomic E-state index is 0.00208. The van der Waals surface area contributed by atoms with E-state index in [4.69, 9.17) is 19.0 Å². The molecule has 2 aromatic rings. The molecule has 6 atom stereocenters. The Morgan fingerprint density at radius 3 is 2.18 bits per heavy atom. The molecule has 2 bridgehead atoms. The number of amides is 2. The summed E-state index contributed by atoms with van der Waals surface area (Å²) in [4.78, 5) is 34.2. The highest BCUT2D eigenvalue weighted by molar-refractivity contribution is 6.23. The molecule has 6 rings (SSSR count). The smallest absolute Gasteiger partial charge is 0.238 e. The van der Waals surface area contributed by atoms with Gasteiger partial charge in [-0.25, -0.2) is 0 Å². The Morgan fingerprint density at radius 1 is 0.848 bits per heavy atom. The molecule has 2 amide bonds. The van der Waals surface area contributed by atoms with Crippen LogP contribution in [0.15, 0.2) is 47.6 Å². The van der Waals surface area contributed by atoms with E-state index in [1.54, 1.807) is 45.6 Å². The van der Waals surface area contributed by atoms with Crippen LogP contribution >= 0.6 is 0 Å². The van der Waals surface area contributed by atoms with Gasteiger partial charge in [0, 0.05) is 23.5 Å². The highest BCUT2D eigenvalue weighted by Gasteiger charge is 2.70. The summed E-state index contributed by atoms with van der Waals surface area (Å²) in [6, 6.07) is 12.6. The number of carbonyl (C=O) groups excluding carboxylic acids is 2. The largest absolute Gasteiger partial charge is 0.497 e. The number of oxime groups is 1. The number of imide groups is 1. The van der Waals surface area contributed by atoms with E-state index in [2.05, 4.69) is 5.16 Å². The molecule has 2 heterocycles. The van der Waals surface area contributed by atoms with Gasteiger partial charge in [0.05, 0.1) is 44.6 Å². The van der Waals surface area contributed by atoms with E-state index in [1.807, 2.05) is 18.2 Å². The van der Waals surface area contributed by atoms with Gasteiger partial charge < -0.3 is 19.0 Å². The van der Waals surface area contributed by atoms with Gasteiger partial charge in [0.25, 0.3) is 0 Å². The third-order valence-electron chi connectivity index (χ3n) is 7.71. The Labute approximate surface area is 191 Å². The van der Waals surface area contributed by atoms with Crippen molar-refractivity contribution in [2.24, 2.45) is 34.7 Å². The maximum atomic E-state index is 13.5. The molecule has 4 aliphatic rings. The van der Waals surface area contributed by atoms with Crippen molar-refractivity contribution in [1.29, 1.82) is 0 Å². The van der Waals surface area contributed by atoms with Gasteiger partial charge >= 0.3 is 0 Å². The molecule has 0 unspecified atom stereocenters. The van der Waals surface area contributed by atoms with Crippen LogP contribution in [0.2, 0.25) is 0 Å². The van der Waals surface area contributed by atoms with Crippen LogP contribution in [0.5, 0.6) is 17.2 Å². The normalized spacial score (nSPS) is 31.2. The topological polar surface area (TPSA) is 86.7 Å². The predicted octanol–water partition coefficient (Wildman–Crippen LogP) is 2.89. The lowest BCUT2D eigenvalue weighted by Gasteiger charge is -2.30. The fourth-order valence-corrected chi connectivity index (χ4v) is 6.34. The van der Waals surface area contributed by atoms with E-state index >= 15 is 0 Å². The highest BCUT2D eigenvalue weighted by Crippen LogP contribution is 2.62. The molecule has 2 aromatic carbocycles. The molecule has 8 heteroatoms. The molecule has 33 heavy (non-hydrogen) atoms. The van der Waals surface area contributed by atoms with Gasteiger partial charge in [-0.2, -0.15) is 0 Å². The van der Waals surface area contributed by atoms with Gasteiger partial charge in [-0.3, -0.25) is 14.5 Å². The first-order chi connectivity index (χ1) is 16.1. The third kappa shape index (κ3) is 2.66. The maximum Gasteiger partial charge on any atom is 0.238 e. The van der Waals surface area contributed by atoms with E-state index in [0.717, 1.165) is 17.7 Å². The van der Waals surface area contributed by atoms with Crippen LogP contribution in [0.1, 0.15) is 12.0 Å². The summed E-state index contributed by atoms with van der Waals surface area (Å²) in [5.41, 5.74) is 2.20. The Morgan fingerprint density at radius 2 is 1.52 bits per heavy atom. The summed E-state index contributed by atoms with van der Waals surface area (Å²) in [6.45, 7) is 0. The Bertz CT molecular complexity index is 1180. The number of benzene rings is 2. The van der Waals surface area contributed by atoms with E-state index in [9.17, 15) is 9.59 Å². The van der Waals surface area contributed by atoms with Crippen molar-refractivity contribution in [3.63, 3.8) is 0 Å². The molecule has 1 saturated heterocycles. The van der Waals surface area contributed by atoms with Crippen molar-refractivity contribution in [1.82, 2.24) is 0 Å². The number of hydrogen-bond donors (Lipinski definition) is 0.